The Bertz CT molecular complexity index is 2280. The van der Waals surface area contributed by atoms with Crippen molar-refractivity contribution in [1.82, 2.24) is 16.3 Å². The standard InChI is InChI=1S/C20H18Cl3N3O3.C13H14ClNO3.C7H6Cl2N2O.CH4/c1-10-12(5-7-17(24-3)18(10)23)8-14(11(2)27)20(29)26-25-19(28)13-4-6-15(21)16(22)9-13;1-7-9(4-5-11(15-3)12(7)14)6-10(8(2)16)13(17)18;8-5-2-1-4(3-6(5)9)7(12)11-10;/h4-7,9,11,14,27H,8H2,1-2H3,(H,25,28)(H,26,29);4-5,8,10,16H,6H2,1-2H3,(H,17,18);1-3H,10H2,(H,11,12);1H4/t11-,14+;8-,10+;;/m00../s1. The Morgan fingerprint density at radius 2 is 1.05 bits per heavy atom. The molecule has 0 saturated heterocycles. The number of amides is 3. The van der Waals surface area contributed by atoms with Gasteiger partial charge < -0.3 is 15.3 Å². The van der Waals surface area contributed by atoms with E-state index in [1.54, 1.807) is 38.1 Å². The molecule has 3 amide bonds. The highest BCUT2D eigenvalue weighted by atomic mass is 35.5. The number of nitrogens with one attached hydrogen (secondary N) is 3. The predicted octanol–water partition coefficient (Wildman–Crippen LogP) is 9.56. The van der Waals surface area contributed by atoms with Gasteiger partial charge in [-0.05, 0) is 99.2 Å². The minimum absolute atomic E-state index is 0. The average molecular weight is 944 g/mol. The van der Waals surface area contributed by atoms with Gasteiger partial charge in [-0.25, -0.2) is 15.5 Å². The second kappa shape index (κ2) is 25.2. The van der Waals surface area contributed by atoms with E-state index < -0.39 is 47.7 Å². The zero-order chi connectivity index (χ0) is 44.7. The van der Waals surface area contributed by atoms with Crippen LogP contribution >= 0.6 is 69.6 Å². The lowest BCUT2D eigenvalue weighted by molar-refractivity contribution is -0.145. The predicted molar refractivity (Wildman–Crippen MR) is 237 cm³/mol. The molecule has 8 N–H and O–H groups in total. The van der Waals surface area contributed by atoms with Gasteiger partial charge in [0.15, 0.2) is 0 Å². The summed E-state index contributed by atoms with van der Waals surface area (Å²) >= 11 is 35.2. The van der Waals surface area contributed by atoms with Crippen LogP contribution in [0, 0.1) is 38.8 Å². The number of rotatable bonds is 10. The van der Waals surface area contributed by atoms with Crippen LogP contribution in [0.15, 0.2) is 60.7 Å². The van der Waals surface area contributed by atoms with Crippen LogP contribution in [0.4, 0.5) is 11.4 Å². The van der Waals surface area contributed by atoms with Crippen molar-refractivity contribution in [1.29, 1.82) is 0 Å². The molecular formula is C41H42Cl6N6O7. The zero-order valence-electron chi connectivity index (χ0n) is 31.7. The molecule has 19 heteroatoms. The van der Waals surface area contributed by atoms with E-state index in [2.05, 4.69) is 20.5 Å². The highest BCUT2D eigenvalue weighted by Crippen LogP contribution is 2.33. The lowest BCUT2D eigenvalue weighted by Crippen LogP contribution is -2.47. The third kappa shape index (κ3) is 15.1. The molecule has 320 valence electrons. The fraction of sp³-hybridized carbons (Fsp3) is 0.268. The van der Waals surface area contributed by atoms with Crippen LogP contribution < -0.4 is 22.1 Å². The summed E-state index contributed by atoms with van der Waals surface area (Å²) in [6, 6.07) is 15.4. The number of hydrogen-bond donors (Lipinski definition) is 7. The number of hydrazine groups is 2. The summed E-state index contributed by atoms with van der Waals surface area (Å²) < 4.78 is 0. The molecule has 0 aliphatic rings. The van der Waals surface area contributed by atoms with Crippen molar-refractivity contribution >= 4 is 105 Å². The molecular weight excluding hydrogens is 901 g/mol. The van der Waals surface area contributed by atoms with Crippen molar-refractivity contribution in [3.8, 4) is 0 Å². The normalized spacial score (nSPS) is 12.1. The van der Waals surface area contributed by atoms with E-state index in [0.29, 0.717) is 53.2 Å². The molecule has 0 radical (unpaired) electrons. The van der Waals surface area contributed by atoms with Crippen molar-refractivity contribution in [3.05, 3.63) is 147 Å². The first-order valence-corrected chi connectivity index (χ1v) is 19.4. The average Bonchev–Trinajstić information content (AvgIpc) is 3.19. The van der Waals surface area contributed by atoms with Crippen LogP contribution in [0.5, 0.6) is 0 Å². The number of hydrogen-bond acceptors (Lipinski definition) is 7. The number of benzene rings is 4. The maximum atomic E-state index is 12.6. The molecule has 13 nitrogen and oxygen atoms in total. The van der Waals surface area contributed by atoms with Crippen LogP contribution in [0.3, 0.4) is 0 Å². The van der Waals surface area contributed by atoms with E-state index in [4.69, 9.17) is 93.7 Å². The number of halogens is 6. The summed E-state index contributed by atoms with van der Waals surface area (Å²) in [5.74, 6) is 0.597. The Hall–Kier alpha value is -4.64. The van der Waals surface area contributed by atoms with Crippen molar-refractivity contribution in [2.24, 2.45) is 17.7 Å². The van der Waals surface area contributed by atoms with Crippen molar-refractivity contribution in [2.75, 3.05) is 0 Å². The summed E-state index contributed by atoms with van der Waals surface area (Å²) in [4.78, 5) is 53.3. The monoisotopic (exact) mass is 940 g/mol. The van der Waals surface area contributed by atoms with Gasteiger partial charge in [0.2, 0.25) is 17.3 Å². The van der Waals surface area contributed by atoms with Gasteiger partial charge in [0, 0.05) is 11.1 Å². The summed E-state index contributed by atoms with van der Waals surface area (Å²) in [6.45, 7) is 20.5. The molecule has 0 aromatic heterocycles. The van der Waals surface area contributed by atoms with Crippen LogP contribution in [0.25, 0.3) is 9.69 Å². The summed E-state index contributed by atoms with van der Waals surface area (Å²) in [5.41, 5.74) is 10.7. The quantitative estimate of drug-likeness (QED) is 0.0353. The maximum absolute atomic E-state index is 12.6. The lowest BCUT2D eigenvalue weighted by Gasteiger charge is -2.21. The maximum Gasteiger partial charge on any atom is 0.309 e. The van der Waals surface area contributed by atoms with E-state index in [9.17, 15) is 29.4 Å². The van der Waals surface area contributed by atoms with Gasteiger partial charge in [-0.2, -0.15) is 0 Å². The highest BCUT2D eigenvalue weighted by Gasteiger charge is 2.27. The van der Waals surface area contributed by atoms with Crippen molar-refractivity contribution < 1.29 is 34.5 Å². The van der Waals surface area contributed by atoms with E-state index in [1.807, 2.05) is 5.43 Å². The fourth-order valence-corrected chi connectivity index (χ4v) is 6.15. The topological polar surface area (TPSA) is 200 Å². The molecule has 4 aromatic rings. The van der Waals surface area contributed by atoms with Crippen LogP contribution in [0.1, 0.15) is 64.2 Å². The SMILES string of the molecule is C.NNC(=O)c1ccc(Cl)c(Cl)c1.[C-]#[N+]c1ccc(C[C@@H](C(=O)NNC(=O)c2ccc(Cl)c(Cl)c2)[C@H](C)O)c(C)c1Cl.[C-]#[N+]c1ccc(C[C@@H](C(=O)O)[C@H](C)O)c(C)c1Cl. The number of nitrogens with two attached hydrogens (primary N) is 1. The molecule has 4 aromatic carbocycles. The Morgan fingerprint density at radius 3 is 1.40 bits per heavy atom. The molecule has 0 bridgehead atoms. The van der Waals surface area contributed by atoms with Gasteiger partial charge in [0.25, 0.3) is 11.8 Å². The molecule has 4 rings (SSSR count). The number of carboxylic acid groups (broad SMARTS) is 1. The molecule has 0 aliphatic heterocycles. The van der Waals surface area contributed by atoms with E-state index in [0.717, 1.165) is 11.1 Å². The molecule has 0 saturated carbocycles. The zero-order valence-corrected chi connectivity index (χ0v) is 36.2. The molecule has 0 unspecified atom stereocenters. The largest absolute Gasteiger partial charge is 0.481 e. The summed E-state index contributed by atoms with van der Waals surface area (Å²) in [6.07, 6.45) is -1.57. The van der Waals surface area contributed by atoms with Crippen LogP contribution in [-0.2, 0) is 22.4 Å². The van der Waals surface area contributed by atoms with Crippen LogP contribution in [0.2, 0.25) is 30.1 Å². The molecule has 4 atom stereocenters. The van der Waals surface area contributed by atoms with Gasteiger partial charge in [-0.1, -0.05) is 101 Å². The number of aliphatic hydroxyl groups is 2. The van der Waals surface area contributed by atoms with Gasteiger partial charge in [0.1, 0.15) is 0 Å². The number of carbonyl (C=O) groups excluding carboxylic acids is 3. The first kappa shape index (κ1) is 53.4. The second-order valence-electron chi connectivity index (χ2n) is 12.7. The van der Waals surface area contributed by atoms with Crippen molar-refractivity contribution in [3.63, 3.8) is 0 Å². The van der Waals surface area contributed by atoms with E-state index in [-0.39, 0.29) is 30.9 Å². The fourth-order valence-electron chi connectivity index (χ4n) is 5.10. The minimum atomic E-state index is -1.05. The number of carbonyl (C=O) groups is 4. The molecule has 0 aliphatic carbocycles. The smallest absolute Gasteiger partial charge is 0.309 e. The number of nitrogen functional groups attached to an aromatic ring is 1. The molecule has 0 fully saturated rings. The van der Waals surface area contributed by atoms with Gasteiger partial charge in [-0.3, -0.25) is 35.5 Å². The van der Waals surface area contributed by atoms with Crippen LogP contribution in [-0.4, -0.2) is 51.2 Å². The first-order valence-electron chi connectivity index (χ1n) is 17.1. The minimum Gasteiger partial charge on any atom is -0.481 e. The molecule has 60 heavy (non-hydrogen) atoms. The van der Waals surface area contributed by atoms with E-state index in [1.165, 1.54) is 50.2 Å². The number of nitrogens with zero attached hydrogens (tertiary/aromatic N) is 2. The second-order valence-corrected chi connectivity index (χ2v) is 15.1. The van der Waals surface area contributed by atoms with Gasteiger partial charge in [-0.15, -0.1) is 0 Å². The third-order valence-electron chi connectivity index (χ3n) is 8.69. The Labute approximate surface area is 378 Å². The van der Waals surface area contributed by atoms with Gasteiger partial charge in [0.05, 0.1) is 67.3 Å². The molecule has 0 spiro atoms. The number of aliphatic hydroxyl groups excluding tert-OH is 2. The van der Waals surface area contributed by atoms with Gasteiger partial charge >= 0.3 is 5.97 Å². The first-order chi connectivity index (χ1) is 27.7. The number of carboxylic acids is 1. The number of aliphatic carboxylic acids is 1. The third-order valence-corrected chi connectivity index (χ3v) is 11.1. The Kier molecular flexibility index (Phi) is 22.4. The Balaban J connectivity index is 0.000000494. The van der Waals surface area contributed by atoms with Crippen molar-refractivity contribution in [2.45, 2.75) is 60.2 Å². The lowest BCUT2D eigenvalue weighted by atomic mass is 9.91. The summed E-state index contributed by atoms with van der Waals surface area (Å²) in [5, 5.41) is 30.4. The molecule has 0 heterocycles. The Morgan fingerprint density at radius 1 is 0.650 bits per heavy atom. The van der Waals surface area contributed by atoms with E-state index >= 15 is 0 Å². The highest BCUT2D eigenvalue weighted by molar-refractivity contribution is 6.42. The summed E-state index contributed by atoms with van der Waals surface area (Å²) in [7, 11) is 0.